The molecule has 1 aliphatic heterocycles. The first-order valence-electron chi connectivity index (χ1n) is 10.3. The Bertz CT molecular complexity index is 939. The van der Waals surface area contributed by atoms with Crippen molar-refractivity contribution in [3.05, 3.63) is 59.8 Å². The van der Waals surface area contributed by atoms with Gasteiger partial charge in [-0.25, -0.2) is 9.98 Å². The lowest BCUT2D eigenvalue weighted by Crippen LogP contribution is -2.47. The van der Waals surface area contributed by atoms with Crippen LogP contribution in [0.3, 0.4) is 0 Å². The maximum atomic E-state index is 13.0. The Morgan fingerprint density at radius 2 is 2.03 bits per heavy atom. The number of halogens is 4. The van der Waals surface area contributed by atoms with Gasteiger partial charge >= 0.3 is 6.18 Å². The summed E-state index contributed by atoms with van der Waals surface area (Å²) in [6.07, 6.45) is -1.83. The molecule has 1 unspecified atom stereocenters. The summed E-state index contributed by atoms with van der Waals surface area (Å²) in [6, 6.07) is 10.9. The Morgan fingerprint density at radius 3 is 2.70 bits per heavy atom. The van der Waals surface area contributed by atoms with E-state index in [4.69, 9.17) is 0 Å². The summed E-state index contributed by atoms with van der Waals surface area (Å²) in [5, 5.41) is 6.29. The minimum Gasteiger partial charge on any atom is -0.354 e. The van der Waals surface area contributed by atoms with Gasteiger partial charge in [0.15, 0.2) is 5.96 Å². The second kappa shape index (κ2) is 12.1. The van der Waals surface area contributed by atoms with Gasteiger partial charge in [-0.15, -0.1) is 24.0 Å². The number of hydrogen-bond acceptors (Lipinski definition) is 4. The predicted molar refractivity (Wildman–Crippen MR) is 133 cm³/mol. The number of rotatable bonds is 6. The SMILES string of the molecule is CN(C)C(=O)CNC(=NCc1cccc(C(F)(F)F)c1)NC1CCN(c2ccccn2)C1.I. The van der Waals surface area contributed by atoms with E-state index in [2.05, 4.69) is 25.5 Å². The van der Waals surface area contributed by atoms with Gasteiger partial charge in [-0.2, -0.15) is 13.2 Å². The third-order valence-electron chi connectivity index (χ3n) is 5.08. The number of anilines is 1. The summed E-state index contributed by atoms with van der Waals surface area (Å²) in [7, 11) is 3.30. The molecule has 11 heteroatoms. The van der Waals surface area contributed by atoms with Gasteiger partial charge < -0.3 is 20.4 Å². The zero-order valence-electron chi connectivity index (χ0n) is 18.5. The van der Waals surface area contributed by atoms with Gasteiger partial charge in [-0.3, -0.25) is 4.79 Å². The quantitative estimate of drug-likeness (QED) is 0.314. The molecule has 7 nitrogen and oxygen atoms in total. The van der Waals surface area contributed by atoms with E-state index in [-0.39, 0.29) is 49.0 Å². The van der Waals surface area contributed by atoms with E-state index in [9.17, 15) is 18.0 Å². The number of hydrogen-bond donors (Lipinski definition) is 2. The molecule has 2 aromatic rings. The Hall–Kier alpha value is -2.57. The number of guanidine groups is 1. The Morgan fingerprint density at radius 1 is 1.24 bits per heavy atom. The van der Waals surface area contributed by atoms with E-state index in [1.807, 2.05) is 18.2 Å². The Balaban J connectivity index is 0.00000385. The number of nitrogens with one attached hydrogen (secondary N) is 2. The molecule has 1 amide bonds. The fourth-order valence-corrected chi connectivity index (χ4v) is 3.31. The number of aromatic nitrogens is 1. The third-order valence-corrected chi connectivity index (χ3v) is 5.08. The van der Waals surface area contributed by atoms with Crippen LogP contribution < -0.4 is 15.5 Å². The largest absolute Gasteiger partial charge is 0.416 e. The van der Waals surface area contributed by atoms with Crippen LogP contribution in [0.4, 0.5) is 19.0 Å². The molecule has 1 aromatic heterocycles. The molecule has 180 valence electrons. The lowest BCUT2D eigenvalue weighted by Gasteiger charge is -2.20. The number of aliphatic imine (C=N–C) groups is 1. The van der Waals surface area contributed by atoms with Crippen molar-refractivity contribution in [2.75, 3.05) is 38.6 Å². The van der Waals surface area contributed by atoms with Crippen LogP contribution in [0.5, 0.6) is 0 Å². The van der Waals surface area contributed by atoms with E-state index < -0.39 is 11.7 Å². The van der Waals surface area contributed by atoms with Crippen LogP contribution >= 0.6 is 24.0 Å². The summed E-state index contributed by atoms with van der Waals surface area (Å²) in [5.74, 6) is 1.13. The first-order chi connectivity index (χ1) is 15.2. The van der Waals surface area contributed by atoms with Crippen LogP contribution in [0, 0.1) is 0 Å². The summed E-state index contributed by atoms with van der Waals surface area (Å²) in [5.41, 5.74) is -0.279. The molecule has 0 aliphatic carbocycles. The number of benzene rings is 1. The number of amides is 1. The molecule has 0 radical (unpaired) electrons. The molecule has 1 saturated heterocycles. The first-order valence-corrected chi connectivity index (χ1v) is 10.3. The van der Waals surface area contributed by atoms with Crippen molar-refractivity contribution >= 4 is 41.7 Å². The van der Waals surface area contributed by atoms with Crippen molar-refractivity contribution in [3.8, 4) is 0 Å². The summed E-state index contributed by atoms with van der Waals surface area (Å²) >= 11 is 0. The molecule has 0 spiro atoms. The van der Waals surface area contributed by atoms with Gasteiger partial charge in [0.25, 0.3) is 0 Å². The third kappa shape index (κ3) is 8.06. The standard InChI is InChI=1S/C22H27F3N6O.HI/c1-30(2)20(32)14-28-21(27-13-16-6-5-7-17(12-16)22(23,24)25)29-18-9-11-31(15-18)19-8-3-4-10-26-19;/h3-8,10,12,18H,9,11,13-15H2,1-2H3,(H2,27,28,29);1H. The van der Waals surface area contributed by atoms with Gasteiger partial charge in [0.1, 0.15) is 5.82 Å². The zero-order valence-corrected chi connectivity index (χ0v) is 20.8. The van der Waals surface area contributed by atoms with E-state index in [0.717, 1.165) is 30.9 Å². The van der Waals surface area contributed by atoms with Crippen LogP contribution in [0.25, 0.3) is 0 Å². The first kappa shape index (κ1) is 26.7. The minimum atomic E-state index is -4.41. The maximum absolute atomic E-state index is 13.0. The van der Waals surface area contributed by atoms with Crippen LogP contribution in [0.1, 0.15) is 17.5 Å². The molecular weight excluding hydrogens is 548 g/mol. The van der Waals surface area contributed by atoms with E-state index in [1.54, 1.807) is 26.4 Å². The number of carbonyl (C=O) groups is 1. The van der Waals surface area contributed by atoms with Crippen LogP contribution in [-0.4, -0.2) is 61.5 Å². The topological polar surface area (TPSA) is 72.9 Å². The molecule has 1 aromatic carbocycles. The monoisotopic (exact) mass is 576 g/mol. The molecule has 2 heterocycles. The highest BCUT2D eigenvalue weighted by atomic mass is 127. The summed E-state index contributed by atoms with van der Waals surface area (Å²) < 4.78 is 39.0. The van der Waals surface area contributed by atoms with Crippen molar-refractivity contribution in [2.24, 2.45) is 4.99 Å². The number of nitrogens with zero attached hydrogens (tertiary/aromatic N) is 4. The lowest BCUT2D eigenvalue weighted by atomic mass is 10.1. The van der Waals surface area contributed by atoms with Crippen molar-refractivity contribution < 1.29 is 18.0 Å². The fraction of sp³-hybridized carbons (Fsp3) is 0.409. The van der Waals surface area contributed by atoms with Gasteiger partial charge in [0.2, 0.25) is 5.91 Å². The zero-order chi connectivity index (χ0) is 23.1. The Kier molecular flexibility index (Phi) is 9.74. The minimum absolute atomic E-state index is 0. The van der Waals surface area contributed by atoms with Gasteiger partial charge in [-0.1, -0.05) is 18.2 Å². The molecule has 2 N–H and O–H groups in total. The molecule has 33 heavy (non-hydrogen) atoms. The van der Waals surface area contributed by atoms with Crippen LogP contribution in [-0.2, 0) is 17.5 Å². The highest BCUT2D eigenvalue weighted by molar-refractivity contribution is 14.0. The van der Waals surface area contributed by atoms with Gasteiger partial charge in [0, 0.05) is 39.4 Å². The smallest absolute Gasteiger partial charge is 0.354 e. The average molecular weight is 576 g/mol. The summed E-state index contributed by atoms with van der Waals surface area (Å²) in [6.45, 7) is 1.58. The van der Waals surface area contributed by atoms with Crippen molar-refractivity contribution in [1.82, 2.24) is 20.5 Å². The van der Waals surface area contributed by atoms with E-state index in [1.165, 1.54) is 11.0 Å². The van der Waals surface area contributed by atoms with Crippen molar-refractivity contribution in [2.45, 2.75) is 25.2 Å². The van der Waals surface area contributed by atoms with E-state index >= 15 is 0 Å². The molecule has 3 rings (SSSR count). The van der Waals surface area contributed by atoms with Gasteiger partial charge in [-0.05, 0) is 36.2 Å². The van der Waals surface area contributed by atoms with Crippen LogP contribution in [0.15, 0.2) is 53.7 Å². The highest BCUT2D eigenvalue weighted by Crippen LogP contribution is 2.29. The second-order valence-corrected chi connectivity index (χ2v) is 7.77. The number of alkyl halides is 3. The average Bonchev–Trinajstić information content (AvgIpc) is 3.24. The van der Waals surface area contributed by atoms with Crippen molar-refractivity contribution in [1.29, 1.82) is 0 Å². The molecule has 0 bridgehead atoms. The number of carbonyl (C=O) groups excluding carboxylic acids is 1. The van der Waals surface area contributed by atoms with Crippen molar-refractivity contribution in [3.63, 3.8) is 0 Å². The molecular formula is C22H28F3IN6O. The molecule has 0 saturated carbocycles. The second-order valence-electron chi connectivity index (χ2n) is 7.77. The molecule has 1 atom stereocenters. The highest BCUT2D eigenvalue weighted by Gasteiger charge is 2.30. The molecule has 1 aliphatic rings. The van der Waals surface area contributed by atoms with Crippen LogP contribution in [0.2, 0.25) is 0 Å². The fourth-order valence-electron chi connectivity index (χ4n) is 3.31. The lowest BCUT2D eigenvalue weighted by molar-refractivity contribution is -0.137. The molecule has 1 fully saturated rings. The number of likely N-dealkylation sites (N-methyl/N-ethyl adjacent to an activating group) is 1. The number of pyridine rings is 1. The predicted octanol–water partition coefficient (Wildman–Crippen LogP) is 3.12. The Labute approximate surface area is 208 Å². The van der Waals surface area contributed by atoms with Gasteiger partial charge in [0.05, 0.1) is 18.7 Å². The summed E-state index contributed by atoms with van der Waals surface area (Å²) in [4.78, 5) is 24.4. The van der Waals surface area contributed by atoms with E-state index in [0.29, 0.717) is 18.1 Å². The maximum Gasteiger partial charge on any atom is 0.416 e. The normalized spacial score (nSPS) is 16.2.